The lowest BCUT2D eigenvalue weighted by molar-refractivity contribution is -0.156. The Bertz CT molecular complexity index is 492. The number of carbonyl (C=O) groups excluding carboxylic acids is 3. The molecule has 1 fully saturated rings. The standard InChI is InChI=1S/C22H38O7/c1-2-3-4-5-6-7-8-9-10-11-12-13-14-15-18(24)28-16-17(23)21-19(25)20(26)22(27)29-21/h17,20-21,23,26H,2-16H2,1H3/t17-,20?,21+/m0/s1. The van der Waals surface area contributed by atoms with E-state index >= 15 is 0 Å². The Morgan fingerprint density at radius 2 is 1.41 bits per heavy atom. The van der Waals surface area contributed by atoms with Gasteiger partial charge in [-0.25, -0.2) is 4.79 Å². The summed E-state index contributed by atoms with van der Waals surface area (Å²) < 4.78 is 9.51. The molecule has 1 unspecified atom stereocenters. The summed E-state index contributed by atoms with van der Waals surface area (Å²) in [5.41, 5.74) is 0. The molecule has 1 rings (SSSR count). The second-order valence-corrected chi connectivity index (χ2v) is 7.91. The highest BCUT2D eigenvalue weighted by molar-refractivity contribution is 6.09. The van der Waals surface area contributed by atoms with E-state index in [1.165, 1.54) is 64.2 Å². The van der Waals surface area contributed by atoms with Crippen molar-refractivity contribution >= 4 is 17.7 Å². The maximum absolute atomic E-state index is 11.7. The van der Waals surface area contributed by atoms with Crippen LogP contribution in [0.2, 0.25) is 0 Å². The number of aliphatic hydroxyl groups is 2. The third-order valence-corrected chi connectivity index (χ3v) is 5.27. The molecule has 1 heterocycles. The van der Waals surface area contributed by atoms with Crippen LogP contribution in [0.3, 0.4) is 0 Å². The number of cyclic esters (lactones) is 1. The molecule has 0 saturated carbocycles. The summed E-state index contributed by atoms with van der Waals surface area (Å²) in [6, 6.07) is 0. The van der Waals surface area contributed by atoms with Gasteiger partial charge in [-0.05, 0) is 6.42 Å². The fourth-order valence-corrected chi connectivity index (χ4v) is 3.41. The summed E-state index contributed by atoms with van der Waals surface area (Å²) in [4.78, 5) is 34.3. The Hall–Kier alpha value is -1.47. The number of hydrogen-bond acceptors (Lipinski definition) is 7. The van der Waals surface area contributed by atoms with E-state index in [-0.39, 0.29) is 6.42 Å². The molecule has 29 heavy (non-hydrogen) atoms. The number of unbranched alkanes of at least 4 members (excludes halogenated alkanes) is 12. The molecule has 0 spiro atoms. The van der Waals surface area contributed by atoms with Crippen molar-refractivity contribution in [1.29, 1.82) is 0 Å². The molecular weight excluding hydrogens is 376 g/mol. The zero-order valence-corrected chi connectivity index (χ0v) is 17.8. The summed E-state index contributed by atoms with van der Waals surface area (Å²) in [5.74, 6) is -2.45. The van der Waals surface area contributed by atoms with Crippen LogP contribution in [0.25, 0.3) is 0 Å². The molecule has 0 radical (unpaired) electrons. The van der Waals surface area contributed by atoms with Gasteiger partial charge in [-0.15, -0.1) is 0 Å². The van der Waals surface area contributed by atoms with Gasteiger partial charge in [0.15, 0.2) is 6.10 Å². The van der Waals surface area contributed by atoms with Crippen molar-refractivity contribution in [2.24, 2.45) is 0 Å². The van der Waals surface area contributed by atoms with Gasteiger partial charge in [-0.1, -0.05) is 84.0 Å². The van der Waals surface area contributed by atoms with Crippen molar-refractivity contribution < 1.29 is 34.1 Å². The summed E-state index contributed by atoms with van der Waals surface area (Å²) in [7, 11) is 0. The molecule has 1 saturated heterocycles. The number of ketones is 1. The first-order valence-corrected chi connectivity index (χ1v) is 11.2. The Labute approximate surface area is 174 Å². The maximum atomic E-state index is 11.7. The van der Waals surface area contributed by atoms with Crippen molar-refractivity contribution in [3.63, 3.8) is 0 Å². The highest BCUT2D eigenvalue weighted by Gasteiger charge is 2.46. The molecule has 3 atom stereocenters. The molecule has 1 aliphatic heterocycles. The SMILES string of the molecule is CCCCCCCCCCCCCCCC(=O)OC[C@H](O)[C@H]1OC(=O)C(O)C1=O. The second kappa shape index (κ2) is 15.4. The molecular formula is C22H38O7. The quantitative estimate of drug-likeness (QED) is 0.214. The molecule has 0 aliphatic carbocycles. The Morgan fingerprint density at radius 3 is 1.86 bits per heavy atom. The van der Waals surface area contributed by atoms with E-state index in [4.69, 9.17) is 4.74 Å². The zero-order valence-electron chi connectivity index (χ0n) is 17.8. The number of aliphatic hydroxyl groups excluding tert-OH is 2. The molecule has 1 aliphatic rings. The predicted octanol–water partition coefficient (Wildman–Crippen LogP) is 3.23. The zero-order chi connectivity index (χ0) is 21.5. The number of ether oxygens (including phenoxy) is 2. The number of Topliss-reactive ketones (excluding diaryl/α,β-unsaturated/α-hetero) is 1. The molecule has 168 valence electrons. The van der Waals surface area contributed by atoms with Crippen molar-refractivity contribution in [3.8, 4) is 0 Å². The molecule has 0 aromatic carbocycles. The van der Waals surface area contributed by atoms with Gasteiger partial charge >= 0.3 is 11.9 Å². The fourth-order valence-electron chi connectivity index (χ4n) is 3.41. The third-order valence-electron chi connectivity index (χ3n) is 5.27. The minimum absolute atomic E-state index is 0.255. The van der Waals surface area contributed by atoms with Crippen LogP contribution in [0, 0.1) is 0 Å². The second-order valence-electron chi connectivity index (χ2n) is 7.91. The van der Waals surface area contributed by atoms with E-state index in [1.54, 1.807) is 0 Å². The van der Waals surface area contributed by atoms with Gasteiger partial charge in [0.05, 0.1) is 0 Å². The monoisotopic (exact) mass is 414 g/mol. The average molecular weight is 415 g/mol. The van der Waals surface area contributed by atoms with Crippen LogP contribution in [0.1, 0.15) is 96.8 Å². The van der Waals surface area contributed by atoms with Crippen molar-refractivity contribution in [3.05, 3.63) is 0 Å². The first-order chi connectivity index (χ1) is 14.0. The van der Waals surface area contributed by atoms with E-state index < -0.39 is 42.6 Å². The highest BCUT2D eigenvalue weighted by atomic mass is 16.6. The molecule has 2 N–H and O–H groups in total. The smallest absolute Gasteiger partial charge is 0.343 e. The number of esters is 2. The molecule has 7 heteroatoms. The summed E-state index contributed by atoms with van der Waals surface area (Å²) in [6.07, 6.45) is 11.3. The lowest BCUT2D eigenvalue weighted by Gasteiger charge is -2.15. The molecule has 0 aromatic heterocycles. The van der Waals surface area contributed by atoms with E-state index in [9.17, 15) is 24.6 Å². The topological polar surface area (TPSA) is 110 Å². The van der Waals surface area contributed by atoms with E-state index in [0.29, 0.717) is 0 Å². The Morgan fingerprint density at radius 1 is 0.931 bits per heavy atom. The van der Waals surface area contributed by atoms with Crippen molar-refractivity contribution in [2.75, 3.05) is 6.61 Å². The van der Waals surface area contributed by atoms with Crippen LogP contribution in [-0.4, -0.2) is 52.9 Å². The number of rotatable bonds is 17. The van der Waals surface area contributed by atoms with Gasteiger partial charge in [0.1, 0.15) is 12.7 Å². The van der Waals surface area contributed by atoms with Gasteiger partial charge < -0.3 is 19.7 Å². The third kappa shape index (κ3) is 10.8. The number of carbonyl (C=O) groups is 3. The average Bonchev–Trinajstić information content (AvgIpc) is 2.97. The van der Waals surface area contributed by atoms with Crippen LogP contribution < -0.4 is 0 Å². The van der Waals surface area contributed by atoms with Crippen LogP contribution in [-0.2, 0) is 23.9 Å². The van der Waals surface area contributed by atoms with Gasteiger partial charge in [0.25, 0.3) is 0 Å². The normalized spacial score (nSPS) is 20.0. The first kappa shape index (κ1) is 25.6. The predicted molar refractivity (Wildman–Crippen MR) is 108 cm³/mol. The molecule has 0 aromatic rings. The molecule has 7 nitrogen and oxygen atoms in total. The Balaban J connectivity index is 1.92. The molecule has 0 bridgehead atoms. The van der Waals surface area contributed by atoms with E-state index in [1.807, 2.05) is 0 Å². The first-order valence-electron chi connectivity index (χ1n) is 11.2. The summed E-state index contributed by atoms with van der Waals surface area (Å²) >= 11 is 0. The van der Waals surface area contributed by atoms with Crippen LogP contribution >= 0.6 is 0 Å². The van der Waals surface area contributed by atoms with Gasteiger partial charge in [0.2, 0.25) is 11.9 Å². The minimum atomic E-state index is -1.86. The van der Waals surface area contributed by atoms with Gasteiger partial charge in [-0.2, -0.15) is 0 Å². The molecule has 0 amide bonds. The number of hydrogen-bond donors (Lipinski definition) is 2. The largest absolute Gasteiger partial charge is 0.463 e. The highest BCUT2D eigenvalue weighted by Crippen LogP contribution is 2.16. The van der Waals surface area contributed by atoms with Gasteiger partial charge in [-0.3, -0.25) is 9.59 Å². The van der Waals surface area contributed by atoms with E-state index in [0.717, 1.165) is 19.3 Å². The Kier molecular flexibility index (Phi) is 13.6. The van der Waals surface area contributed by atoms with Crippen LogP contribution in [0.4, 0.5) is 0 Å². The van der Waals surface area contributed by atoms with Crippen molar-refractivity contribution in [2.45, 2.75) is 115 Å². The minimum Gasteiger partial charge on any atom is -0.463 e. The van der Waals surface area contributed by atoms with E-state index in [2.05, 4.69) is 11.7 Å². The van der Waals surface area contributed by atoms with Gasteiger partial charge in [0, 0.05) is 6.42 Å². The lowest BCUT2D eigenvalue weighted by Crippen LogP contribution is -2.38. The maximum Gasteiger partial charge on any atom is 0.343 e. The lowest BCUT2D eigenvalue weighted by atomic mass is 10.0. The van der Waals surface area contributed by atoms with Crippen LogP contribution in [0.5, 0.6) is 0 Å². The van der Waals surface area contributed by atoms with Crippen LogP contribution in [0.15, 0.2) is 0 Å². The summed E-state index contributed by atoms with van der Waals surface area (Å²) in [6.45, 7) is 1.80. The fraction of sp³-hybridized carbons (Fsp3) is 0.864. The van der Waals surface area contributed by atoms with Crippen molar-refractivity contribution in [1.82, 2.24) is 0 Å². The summed E-state index contributed by atoms with van der Waals surface area (Å²) in [5, 5.41) is 19.0.